The summed E-state index contributed by atoms with van der Waals surface area (Å²) in [5.41, 5.74) is -1.44. The molecule has 2 aliphatic carbocycles. The summed E-state index contributed by atoms with van der Waals surface area (Å²) in [4.78, 5) is 28.1. The van der Waals surface area contributed by atoms with Crippen LogP contribution in [0.1, 0.15) is 164 Å². The molecule has 288 valence electrons. The number of carbonyl (C=O) groups excluding carboxylic acids is 2. The summed E-state index contributed by atoms with van der Waals surface area (Å²) < 4.78 is 71.4. The molecule has 0 unspecified atom stereocenters. The van der Waals surface area contributed by atoms with E-state index in [1.54, 1.807) is 52.0 Å². The van der Waals surface area contributed by atoms with Crippen LogP contribution in [0.3, 0.4) is 0 Å². The second-order valence-electron chi connectivity index (χ2n) is 16.3. The van der Waals surface area contributed by atoms with Gasteiger partial charge in [0, 0.05) is 0 Å². The van der Waals surface area contributed by atoms with E-state index in [0.29, 0.717) is 46.3 Å². The van der Waals surface area contributed by atoms with Gasteiger partial charge < -0.3 is 0 Å². The van der Waals surface area contributed by atoms with Crippen LogP contribution < -0.4 is 7.74 Å². The van der Waals surface area contributed by atoms with Crippen molar-refractivity contribution in [3.8, 4) is 0 Å². The fourth-order valence-corrected chi connectivity index (χ4v) is 16.1. The van der Waals surface area contributed by atoms with Gasteiger partial charge in [-0.2, -0.15) is 0 Å². The van der Waals surface area contributed by atoms with Crippen molar-refractivity contribution in [1.82, 2.24) is 0 Å². The van der Waals surface area contributed by atoms with Crippen LogP contribution in [0.25, 0.3) is 0 Å². The summed E-state index contributed by atoms with van der Waals surface area (Å²) in [6.07, 6.45) is 19.4. The van der Waals surface area contributed by atoms with Crippen molar-refractivity contribution < 1.29 is 43.7 Å². The SMILES string of the molecule is CCCCCCc1c(C(=O)C(C)(C)CC)cc(F)[c]([Ti]([C]2=CC=CC2)([C]2=CC=CC2)[c]2c(F)cc(C(=O)C(C)(C)CC)c(CCCCCC)c2F)c1F. The van der Waals surface area contributed by atoms with Crippen molar-refractivity contribution >= 4 is 19.3 Å². The van der Waals surface area contributed by atoms with Gasteiger partial charge in [0.2, 0.25) is 0 Å². The minimum atomic E-state index is -5.20. The number of benzene rings is 2. The van der Waals surface area contributed by atoms with E-state index < -0.39 is 50.7 Å². The Kier molecular flexibility index (Phi) is 14.7. The van der Waals surface area contributed by atoms with E-state index in [0.717, 1.165) is 38.5 Å². The van der Waals surface area contributed by atoms with Crippen molar-refractivity contribution in [3.63, 3.8) is 0 Å². The number of halogens is 4. The molecule has 53 heavy (non-hydrogen) atoms. The molecular formula is C46H60F4O2Ti. The molecule has 2 aliphatic rings. The maximum absolute atomic E-state index is 18.0. The van der Waals surface area contributed by atoms with Gasteiger partial charge in [0.05, 0.1) is 0 Å². The number of rotatable bonds is 20. The fourth-order valence-electron chi connectivity index (χ4n) is 7.83. The van der Waals surface area contributed by atoms with Crippen LogP contribution in [0.5, 0.6) is 0 Å². The molecule has 0 saturated carbocycles. The van der Waals surface area contributed by atoms with E-state index in [4.69, 9.17) is 0 Å². The van der Waals surface area contributed by atoms with Crippen molar-refractivity contribution in [1.29, 1.82) is 0 Å². The molecule has 0 radical (unpaired) electrons. The number of carbonyl (C=O) groups is 2. The molecule has 7 heteroatoms. The van der Waals surface area contributed by atoms with Gasteiger partial charge in [-0.25, -0.2) is 0 Å². The van der Waals surface area contributed by atoms with E-state index in [1.807, 2.05) is 26.0 Å². The first-order valence-corrected chi connectivity index (χ1v) is 23.1. The Morgan fingerprint density at radius 2 is 0.981 bits per heavy atom. The predicted molar refractivity (Wildman–Crippen MR) is 208 cm³/mol. The third-order valence-electron chi connectivity index (χ3n) is 11.9. The van der Waals surface area contributed by atoms with Crippen LogP contribution in [-0.4, -0.2) is 11.6 Å². The molecule has 0 amide bonds. The van der Waals surface area contributed by atoms with E-state index in [9.17, 15) is 9.59 Å². The van der Waals surface area contributed by atoms with Crippen molar-refractivity contribution in [3.05, 3.63) is 102 Å². The second kappa shape index (κ2) is 18.2. The van der Waals surface area contributed by atoms with E-state index in [1.165, 1.54) is 12.1 Å². The Bertz CT molecular complexity index is 1680. The van der Waals surface area contributed by atoms with Gasteiger partial charge in [-0.15, -0.1) is 0 Å². The van der Waals surface area contributed by atoms with Gasteiger partial charge in [0.15, 0.2) is 0 Å². The standard InChI is InChI=1S/2C18H25F2O.2C5H5.Ti/c2*1-5-7-8-9-10-14-15(11-13(19)12-16(14)20)17(21)18(3,4)6-2;2*1-2-4-5-3-1;/h2*11H,5-10H2,1-4H3;2*1-3H,4H2;. The Morgan fingerprint density at radius 1 is 0.604 bits per heavy atom. The Hall–Kier alpha value is -2.83. The molecule has 4 rings (SSSR count). The third kappa shape index (κ3) is 8.54. The van der Waals surface area contributed by atoms with E-state index in [2.05, 4.69) is 13.8 Å². The van der Waals surface area contributed by atoms with Crippen molar-refractivity contribution in [2.75, 3.05) is 0 Å². The quantitative estimate of drug-likeness (QED) is 0.0582. The zero-order valence-corrected chi connectivity index (χ0v) is 34.9. The Labute approximate surface area is 319 Å². The molecule has 0 fully saturated rings. The van der Waals surface area contributed by atoms with Gasteiger partial charge in [0.25, 0.3) is 0 Å². The number of hydrogen-bond acceptors (Lipinski definition) is 2. The van der Waals surface area contributed by atoms with Gasteiger partial charge >= 0.3 is 321 Å². The second-order valence-corrected chi connectivity index (χ2v) is 22.2. The molecule has 2 nitrogen and oxygen atoms in total. The van der Waals surface area contributed by atoms with E-state index in [-0.39, 0.29) is 54.4 Å². The first kappa shape index (κ1) is 42.9. The van der Waals surface area contributed by atoms with Crippen LogP contribution in [0.15, 0.2) is 56.3 Å². The van der Waals surface area contributed by atoms with Crippen molar-refractivity contribution in [2.45, 2.75) is 145 Å². The molecule has 2 aromatic carbocycles. The average Bonchev–Trinajstić information content (AvgIpc) is 3.88. The molecule has 0 saturated heterocycles. The van der Waals surface area contributed by atoms with Gasteiger partial charge in [0.1, 0.15) is 0 Å². The van der Waals surface area contributed by atoms with Crippen LogP contribution >= 0.6 is 0 Å². The molecule has 2 aromatic rings. The summed E-state index contributed by atoms with van der Waals surface area (Å²) in [5, 5.41) is 0. The van der Waals surface area contributed by atoms with Crippen LogP contribution in [-0.2, 0) is 29.4 Å². The van der Waals surface area contributed by atoms with Crippen LogP contribution in [0, 0.1) is 34.1 Å². The molecule has 0 aromatic heterocycles. The van der Waals surface area contributed by atoms with Gasteiger partial charge in [-0.3, -0.25) is 0 Å². The normalized spacial score (nSPS) is 14.6. The maximum atomic E-state index is 18.0. The summed E-state index contributed by atoms with van der Waals surface area (Å²) >= 11 is -5.20. The molecule has 0 spiro atoms. The van der Waals surface area contributed by atoms with E-state index >= 15 is 17.6 Å². The first-order chi connectivity index (χ1) is 25.1. The Balaban J connectivity index is 2.18. The zero-order chi connectivity index (χ0) is 39.1. The zero-order valence-electron chi connectivity index (χ0n) is 33.3. The average molecular weight is 769 g/mol. The summed E-state index contributed by atoms with van der Waals surface area (Å²) in [6, 6.07) is 2.34. The topological polar surface area (TPSA) is 34.1 Å². The molecule has 0 N–H and O–H groups in total. The summed E-state index contributed by atoms with van der Waals surface area (Å²) in [7, 11) is 0. The van der Waals surface area contributed by atoms with Crippen LogP contribution in [0.4, 0.5) is 17.6 Å². The van der Waals surface area contributed by atoms with Gasteiger partial charge in [-0.1, -0.05) is 0 Å². The number of unbranched alkanes of at least 4 members (excludes halogenated alkanes) is 6. The predicted octanol–water partition coefficient (Wildman–Crippen LogP) is 12.5. The number of ketones is 2. The van der Waals surface area contributed by atoms with Gasteiger partial charge in [-0.05, 0) is 0 Å². The Morgan fingerprint density at radius 3 is 1.28 bits per heavy atom. The first-order valence-electron chi connectivity index (χ1n) is 20.0. The molecule has 0 heterocycles. The summed E-state index contributed by atoms with van der Waals surface area (Å²) in [6.45, 7) is 15.0. The third-order valence-corrected chi connectivity index (χ3v) is 19.9. The minimum absolute atomic E-state index is 0.0146. The molecule has 0 atom stereocenters. The molecule has 0 bridgehead atoms. The number of allylic oxidation sites excluding steroid dienone is 8. The van der Waals surface area contributed by atoms with Crippen molar-refractivity contribution in [2.24, 2.45) is 10.8 Å². The summed E-state index contributed by atoms with van der Waals surface area (Å²) in [5.74, 6) is -4.27. The van der Waals surface area contributed by atoms with Crippen LogP contribution in [0.2, 0.25) is 0 Å². The monoisotopic (exact) mass is 768 g/mol. The number of hydrogen-bond donors (Lipinski definition) is 0. The molecular weight excluding hydrogens is 708 g/mol. The fraction of sp³-hybridized carbons (Fsp3) is 0.522. The molecule has 0 aliphatic heterocycles. The number of Topliss-reactive ketones (excluding diaryl/α,β-unsaturated/α-hetero) is 2.